The van der Waals surface area contributed by atoms with Gasteiger partial charge in [-0.15, -0.1) is 0 Å². The van der Waals surface area contributed by atoms with Crippen LogP contribution in [0.15, 0.2) is 0 Å². The SMILES string of the molecule is CCC([CH]C(C)=O)OC(=O)[CH]C(C)OC. The molecule has 0 heterocycles. The molecular formula is C11H18O4. The molecule has 2 radical (unpaired) electrons. The minimum atomic E-state index is -0.464. The molecule has 0 aliphatic rings. The second-order valence-electron chi connectivity index (χ2n) is 3.27. The Hall–Kier alpha value is -0.900. The van der Waals surface area contributed by atoms with E-state index in [2.05, 4.69) is 0 Å². The Morgan fingerprint density at radius 2 is 1.93 bits per heavy atom. The van der Waals surface area contributed by atoms with Crippen LogP contribution in [-0.2, 0) is 19.1 Å². The zero-order chi connectivity index (χ0) is 11.8. The van der Waals surface area contributed by atoms with Gasteiger partial charge in [-0.3, -0.25) is 9.59 Å². The number of Topliss-reactive ketones (excluding diaryl/α,β-unsaturated/α-hetero) is 1. The monoisotopic (exact) mass is 214 g/mol. The smallest absolute Gasteiger partial charge is 0.312 e. The fraction of sp³-hybridized carbons (Fsp3) is 0.636. The van der Waals surface area contributed by atoms with Crippen LogP contribution in [0.3, 0.4) is 0 Å². The topological polar surface area (TPSA) is 52.6 Å². The summed E-state index contributed by atoms with van der Waals surface area (Å²) >= 11 is 0. The third-order valence-electron chi connectivity index (χ3n) is 1.83. The van der Waals surface area contributed by atoms with Crippen LogP contribution in [0.1, 0.15) is 27.2 Å². The van der Waals surface area contributed by atoms with E-state index in [9.17, 15) is 9.59 Å². The summed E-state index contributed by atoms with van der Waals surface area (Å²) in [4.78, 5) is 22.1. The van der Waals surface area contributed by atoms with Crippen molar-refractivity contribution in [2.45, 2.75) is 39.4 Å². The van der Waals surface area contributed by atoms with Gasteiger partial charge in [-0.05, 0) is 20.3 Å². The standard InChI is InChI=1S/C11H18O4/c1-5-10(6-8(2)12)15-11(13)7-9(3)14-4/h6-7,9-10H,5H2,1-4H3. The molecule has 0 spiro atoms. The van der Waals surface area contributed by atoms with Crippen LogP contribution in [-0.4, -0.2) is 31.1 Å². The van der Waals surface area contributed by atoms with E-state index in [4.69, 9.17) is 9.47 Å². The lowest BCUT2D eigenvalue weighted by Gasteiger charge is -2.15. The van der Waals surface area contributed by atoms with Crippen molar-refractivity contribution in [3.8, 4) is 0 Å². The maximum Gasteiger partial charge on any atom is 0.312 e. The number of hydrogen-bond acceptors (Lipinski definition) is 4. The Balaban J connectivity index is 3.95. The first kappa shape index (κ1) is 14.1. The average Bonchev–Trinajstić information content (AvgIpc) is 2.15. The highest BCUT2D eigenvalue weighted by atomic mass is 16.5. The molecule has 0 aliphatic carbocycles. The van der Waals surface area contributed by atoms with E-state index < -0.39 is 12.1 Å². The van der Waals surface area contributed by atoms with E-state index in [1.165, 1.54) is 26.9 Å². The molecule has 2 unspecified atom stereocenters. The van der Waals surface area contributed by atoms with E-state index in [0.717, 1.165) is 0 Å². The predicted molar refractivity (Wildman–Crippen MR) is 55.9 cm³/mol. The first-order valence-electron chi connectivity index (χ1n) is 4.93. The van der Waals surface area contributed by atoms with Crippen molar-refractivity contribution in [3.63, 3.8) is 0 Å². The van der Waals surface area contributed by atoms with Gasteiger partial charge in [0, 0.05) is 7.11 Å². The van der Waals surface area contributed by atoms with Gasteiger partial charge in [0.05, 0.1) is 18.9 Å². The highest BCUT2D eigenvalue weighted by Gasteiger charge is 2.17. The van der Waals surface area contributed by atoms with Crippen molar-refractivity contribution < 1.29 is 19.1 Å². The summed E-state index contributed by atoms with van der Waals surface area (Å²) in [5, 5.41) is 0. The zero-order valence-electron chi connectivity index (χ0n) is 9.65. The van der Waals surface area contributed by atoms with Crippen molar-refractivity contribution in [2.75, 3.05) is 7.11 Å². The fourth-order valence-corrected chi connectivity index (χ4v) is 0.945. The molecule has 4 nitrogen and oxygen atoms in total. The fourth-order valence-electron chi connectivity index (χ4n) is 0.945. The van der Waals surface area contributed by atoms with Crippen LogP contribution in [0.5, 0.6) is 0 Å². The molecule has 0 aliphatic heterocycles. The number of ketones is 1. The lowest BCUT2D eigenvalue weighted by Crippen LogP contribution is -2.24. The number of hydrogen-bond donors (Lipinski definition) is 0. The molecule has 0 rings (SSSR count). The zero-order valence-corrected chi connectivity index (χ0v) is 9.65. The van der Waals surface area contributed by atoms with Crippen molar-refractivity contribution in [1.82, 2.24) is 0 Å². The summed E-state index contributed by atoms with van der Waals surface area (Å²) in [6.45, 7) is 5.01. The lowest BCUT2D eigenvalue weighted by molar-refractivity contribution is -0.145. The van der Waals surface area contributed by atoms with Crippen LogP contribution in [0.2, 0.25) is 0 Å². The van der Waals surface area contributed by atoms with Crippen LogP contribution in [0, 0.1) is 12.8 Å². The van der Waals surface area contributed by atoms with E-state index in [1.807, 2.05) is 6.92 Å². The van der Waals surface area contributed by atoms with Crippen molar-refractivity contribution in [1.29, 1.82) is 0 Å². The van der Waals surface area contributed by atoms with E-state index in [-0.39, 0.29) is 11.9 Å². The number of esters is 1. The lowest BCUT2D eigenvalue weighted by atomic mass is 10.1. The Morgan fingerprint density at radius 3 is 2.33 bits per heavy atom. The average molecular weight is 214 g/mol. The highest BCUT2D eigenvalue weighted by Crippen LogP contribution is 2.06. The largest absolute Gasteiger partial charge is 0.461 e. The summed E-state index contributed by atoms with van der Waals surface area (Å²) in [5.41, 5.74) is 0. The molecule has 0 saturated carbocycles. The van der Waals surface area contributed by atoms with Gasteiger partial charge in [0.25, 0.3) is 0 Å². The molecule has 0 aromatic rings. The third-order valence-corrected chi connectivity index (χ3v) is 1.83. The molecule has 0 fully saturated rings. The molecule has 0 aromatic carbocycles. The number of carbonyl (C=O) groups excluding carboxylic acids is 2. The Labute approximate surface area is 90.9 Å². The van der Waals surface area contributed by atoms with Gasteiger partial charge >= 0.3 is 5.97 Å². The van der Waals surface area contributed by atoms with Gasteiger partial charge in [0.15, 0.2) is 0 Å². The summed E-state index contributed by atoms with van der Waals surface area (Å²) < 4.78 is 9.92. The normalized spacial score (nSPS) is 14.4. The number of ether oxygens (including phenoxy) is 2. The number of carbonyl (C=O) groups is 2. The van der Waals surface area contributed by atoms with Crippen LogP contribution < -0.4 is 0 Å². The first-order valence-corrected chi connectivity index (χ1v) is 4.93. The quantitative estimate of drug-likeness (QED) is 0.600. The van der Waals surface area contributed by atoms with Gasteiger partial charge in [-0.2, -0.15) is 0 Å². The van der Waals surface area contributed by atoms with Crippen LogP contribution in [0.25, 0.3) is 0 Å². The van der Waals surface area contributed by atoms with Crippen molar-refractivity contribution >= 4 is 11.8 Å². The molecule has 4 heteroatoms. The van der Waals surface area contributed by atoms with Gasteiger partial charge < -0.3 is 9.47 Å². The van der Waals surface area contributed by atoms with Crippen molar-refractivity contribution in [2.24, 2.45) is 0 Å². The summed E-state index contributed by atoms with van der Waals surface area (Å²) in [6, 6.07) is 0. The summed E-state index contributed by atoms with van der Waals surface area (Å²) in [6.07, 6.45) is 2.57. The van der Waals surface area contributed by atoms with Gasteiger partial charge in [0.2, 0.25) is 0 Å². The molecule has 0 saturated heterocycles. The summed E-state index contributed by atoms with van der Waals surface area (Å²) in [5.74, 6) is -0.567. The molecule has 2 atom stereocenters. The molecule has 0 amide bonds. The maximum absolute atomic E-state index is 11.3. The molecule has 15 heavy (non-hydrogen) atoms. The molecule has 0 N–H and O–H groups in total. The minimum Gasteiger partial charge on any atom is -0.461 e. The minimum absolute atomic E-state index is 0.102. The molecule has 86 valence electrons. The number of rotatable bonds is 7. The van der Waals surface area contributed by atoms with Gasteiger partial charge in [0.1, 0.15) is 11.9 Å². The highest BCUT2D eigenvalue weighted by molar-refractivity contribution is 5.86. The van der Waals surface area contributed by atoms with Crippen molar-refractivity contribution in [3.05, 3.63) is 12.8 Å². The van der Waals surface area contributed by atoms with E-state index in [1.54, 1.807) is 6.92 Å². The second-order valence-corrected chi connectivity index (χ2v) is 3.27. The molecular weight excluding hydrogens is 196 g/mol. The Kier molecular flexibility index (Phi) is 6.96. The van der Waals surface area contributed by atoms with Crippen LogP contribution in [0.4, 0.5) is 0 Å². The Morgan fingerprint density at radius 1 is 1.33 bits per heavy atom. The molecule has 0 bridgehead atoms. The van der Waals surface area contributed by atoms with Gasteiger partial charge in [-0.25, -0.2) is 0 Å². The number of methoxy groups -OCH3 is 1. The third kappa shape index (κ3) is 7.08. The predicted octanol–water partition coefficient (Wildman–Crippen LogP) is 1.34. The van der Waals surface area contributed by atoms with Gasteiger partial charge in [-0.1, -0.05) is 6.92 Å². The maximum atomic E-state index is 11.3. The van der Waals surface area contributed by atoms with E-state index in [0.29, 0.717) is 6.42 Å². The van der Waals surface area contributed by atoms with Crippen LogP contribution >= 0.6 is 0 Å². The first-order chi connectivity index (χ1) is 6.99. The molecule has 0 aromatic heterocycles. The second kappa shape index (κ2) is 7.40. The summed E-state index contributed by atoms with van der Waals surface area (Å²) in [7, 11) is 1.51. The Bertz CT molecular complexity index is 213. The van der Waals surface area contributed by atoms with E-state index >= 15 is 0 Å².